The van der Waals surface area contributed by atoms with Crippen molar-refractivity contribution in [1.29, 1.82) is 0 Å². The summed E-state index contributed by atoms with van der Waals surface area (Å²) >= 11 is 0. The molecule has 3 nitrogen and oxygen atoms in total. The van der Waals surface area contributed by atoms with Gasteiger partial charge in [-0.05, 0) is 35.6 Å². The maximum Gasteiger partial charge on any atom is 0.305 e. The number of hydrogen-bond acceptors (Lipinski definition) is 2. The highest BCUT2D eigenvalue weighted by atomic mass is 16.4. The predicted octanol–water partition coefficient (Wildman–Crippen LogP) is 3.75. The van der Waals surface area contributed by atoms with Gasteiger partial charge in [0.2, 0.25) is 0 Å². The van der Waals surface area contributed by atoms with Gasteiger partial charge in [0, 0.05) is 18.2 Å². The number of rotatable bonds is 3. The van der Waals surface area contributed by atoms with Crippen molar-refractivity contribution in [1.82, 2.24) is 0 Å². The van der Waals surface area contributed by atoms with E-state index in [2.05, 4.69) is 53.4 Å². The molecule has 2 atom stereocenters. The predicted molar refractivity (Wildman–Crippen MR) is 86.3 cm³/mol. The number of carboxylic acid groups (broad SMARTS) is 1. The first-order chi connectivity index (χ1) is 10.8. The summed E-state index contributed by atoms with van der Waals surface area (Å²) in [6.07, 6.45) is 2.43. The monoisotopic (exact) mass is 293 g/mol. The average Bonchev–Trinajstić information content (AvgIpc) is 2.87. The van der Waals surface area contributed by atoms with Crippen molar-refractivity contribution in [2.75, 3.05) is 11.4 Å². The number of benzene rings is 2. The molecule has 0 fully saturated rings. The molecule has 0 radical (unpaired) electrons. The zero-order chi connectivity index (χ0) is 15.1. The normalized spacial score (nSPS) is 21.9. The van der Waals surface area contributed by atoms with Gasteiger partial charge >= 0.3 is 5.97 Å². The van der Waals surface area contributed by atoms with E-state index in [1.807, 2.05) is 0 Å². The van der Waals surface area contributed by atoms with E-state index in [-0.39, 0.29) is 6.42 Å². The Labute approximate surface area is 130 Å². The second-order valence-electron chi connectivity index (χ2n) is 6.18. The van der Waals surface area contributed by atoms with Gasteiger partial charge in [0.05, 0.1) is 12.5 Å². The van der Waals surface area contributed by atoms with Crippen LogP contribution in [0.5, 0.6) is 0 Å². The summed E-state index contributed by atoms with van der Waals surface area (Å²) in [5.74, 6) is -0.245. The standard InChI is InChI=1S/C19H19NO2/c21-18(22)11-12-20-17-8-4-3-7-15(17)16-10-9-13-5-1-2-6-14(13)19(16)20/h1-8,16,19H,9-12H2,(H,21,22). The molecule has 3 heteroatoms. The van der Waals surface area contributed by atoms with Crippen LogP contribution in [0.2, 0.25) is 0 Å². The van der Waals surface area contributed by atoms with Gasteiger partial charge in [-0.15, -0.1) is 0 Å². The highest BCUT2D eigenvalue weighted by molar-refractivity contribution is 5.70. The maximum atomic E-state index is 11.0. The number of hydrogen-bond donors (Lipinski definition) is 1. The van der Waals surface area contributed by atoms with Gasteiger partial charge in [0.1, 0.15) is 0 Å². The van der Waals surface area contributed by atoms with Crippen LogP contribution in [0.15, 0.2) is 48.5 Å². The third kappa shape index (κ3) is 2.00. The quantitative estimate of drug-likeness (QED) is 0.937. The Morgan fingerprint density at radius 3 is 2.64 bits per heavy atom. The molecule has 2 aromatic carbocycles. The van der Waals surface area contributed by atoms with Crippen LogP contribution < -0.4 is 4.90 Å². The van der Waals surface area contributed by atoms with Crippen LogP contribution in [0.1, 0.15) is 41.5 Å². The lowest BCUT2D eigenvalue weighted by atomic mass is 9.78. The lowest BCUT2D eigenvalue weighted by Crippen LogP contribution is -2.31. The molecule has 22 heavy (non-hydrogen) atoms. The Hall–Kier alpha value is -2.29. The lowest BCUT2D eigenvalue weighted by Gasteiger charge is -2.35. The summed E-state index contributed by atoms with van der Waals surface area (Å²) in [7, 11) is 0. The third-order valence-corrected chi connectivity index (χ3v) is 5.03. The van der Waals surface area contributed by atoms with E-state index < -0.39 is 5.97 Å². The topological polar surface area (TPSA) is 40.5 Å². The van der Waals surface area contributed by atoms with Crippen molar-refractivity contribution in [3.05, 3.63) is 65.2 Å². The molecule has 2 aliphatic rings. The van der Waals surface area contributed by atoms with Gasteiger partial charge in [-0.3, -0.25) is 4.79 Å². The molecule has 1 aliphatic carbocycles. The van der Waals surface area contributed by atoms with Crippen molar-refractivity contribution >= 4 is 11.7 Å². The van der Waals surface area contributed by atoms with Crippen LogP contribution >= 0.6 is 0 Å². The number of aliphatic carboxylic acids is 1. The minimum Gasteiger partial charge on any atom is -0.481 e. The largest absolute Gasteiger partial charge is 0.481 e. The molecule has 0 saturated heterocycles. The maximum absolute atomic E-state index is 11.0. The summed E-state index contributed by atoms with van der Waals surface area (Å²) < 4.78 is 0. The minimum atomic E-state index is -0.731. The number of anilines is 1. The van der Waals surface area contributed by atoms with E-state index in [4.69, 9.17) is 5.11 Å². The van der Waals surface area contributed by atoms with Crippen molar-refractivity contribution < 1.29 is 9.90 Å². The molecule has 4 rings (SSSR count). The number of para-hydroxylation sites is 1. The summed E-state index contributed by atoms with van der Waals surface area (Å²) in [6, 6.07) is 17.4. The molecule has 0 bridgehead atoms. The van der Waals surface area contributed by atoms with E-state index in [9.17, 15) is 4.79 Å². The van der Waals surface area contributed by atoms with E-state index >= 15 is 0 Å². The van der Waals surface area contributed by atoms with Gasteiger partial charge in [0.25, 0.3) is 0 Å². The minimum absolute atomic E-state index is 0.180. The van der Waals surface area contributed by atoms with Crippen LogP contribution in [0.3, 0.4) is 0 Å². The van der Waals surface area contributed by atoms with Gasteiger partial charge in [0.15, 0.2) is 0 Å². The molecule has 2 unspecified atom stereocenters. The zero-order valence-electron chi connectivity index (χ0n) is 12.4. The fourth-order valence-electron chi connectivity index (χ4n) is 4.13. The molecule has 0 spiro atoms. The number of nitrogens with zero attached hydrogens (tertiary/aromatic N) is 1. The second-order valence-corrected chi connectivity index (χ2v) is 6.18. The molecule has 0 saturated carbocycles. The number of carbonyl (C=O) groups is 1. The van der Waals surface area contributed by atoms with E-state index in [0.717, 1.165) is 12.8 Å². The molecule has 2 aromatic rings. The van der Waals surface area contributed by atoms with E-state index in [1.165, 1.54) is 22.4 Å². The smallest absolute Gasteiger partial charge is 0.305 e. The number of aryl methyl sites for hydroxylation is 1. The fourth-order valence-corrected chi connectivity index (χ4v) is 4.13. The Morgan fingerprint density at radius 1 is 1.09 bits per heavy atom. The van der Waals surface area contributed by atoms with Crippen molar-refractivity contribution in [2.45, 2.75) is 31.2 Å². The number of fused-ring (bicyclic) bond motifs is 5. The average molecular weight is 293 g/mol. The molecule has 112 valence electrons. The zero-order valence-corrected chi connectivity index (χ0v) is 12.4. The van der Waals surface area contributed by atoms with Crippen LogP contribution in [0.25, 0.3) is 0 Å². The highest BCUT2D eigenvalue weighted by Gasteiger charge is 2.41. The molecule has 1 aliphatic heterocycles. The summed E-state index contributed by atoms with van der Waals surface area (Å²) in [6.45, 7) is 0.571. The Balaban J connectivity index is 1.80. The Bertz CT molecular complexity index is 725. The SMILES string of the molecule is O=C(O)CCN1c2ccccc2C2CCc3ccccc3C21. The van der Waals surface area contributed by atoms with Gasteiger partial charge in [-0.1, -0.05) is 42.5 Å². The molecule has 0 amide bonds. The second kappa shape index (κ2) is 5.16. The first-order valence-electron chi connectivity index (χ1n) is 7.91. The first-order valence-corrected chi connectivity index (χ1v) is 7.91. The number of carboxylic acids is 1. The fraction of sp³-hybridized carbons (Fsp3) is 0.316. The van der Waals surface area contributed by atoms with Gasteiger partial charge in [-0.2, -0.15) is 0 Å². The van der Waals surface area contributed by atoms with Gasteiger partial charge < -0.3 is 10.0 Å². The van der Waals surface area contributed by atoms with Crippen molar-refractivity contribution in [3.8, 4) is 0 Å². The first kappa shape index (κ1) is 13.4. The van der Waals surface area contributed by atoms with Crippen LogP contribution in [0, 0.1) is 0 Å². The van der Waals surface area contributed by atoms with Crippen molar-refractivity contribution in [3.63, 3.8) is 0 Å². The van der Waals surface area contributed by atoms with Crippen LogP contribution in [-0.2, 0) is 11.2 Å². The summed E-state index contributed by atoms with van der Waals surface area (Å²) in [5, 5.41) is 9.09. The van der Waals surface area contributed by atoms with Gasteiger partial charge in [-0.25, -0.2) is 0 Å². The molecule has 0 aromatic heterocycles. The molecule has 1 heterocycles. The third-order valence-electron chi connectivity index (χ3n) is 5.03. The Morgan fingerprint density at radius 2 is 1.82 bits per heavy atom. The lowest BCUT2D eigenvalue weighted by molar-refractivity contribution is -0.136. The van der Waals surface area contributed by atoms with Crippen LogP contribution in [0.4, 0.5) is 5.69 Å². The van der Waals surface area contributed by atoms with Crippen LogP contribution in [-0.4, -0.2) is 17.6 Å². The molecular formula is C19H19NO2. The summed E-state index contributed by atoms with van der Waals surface area (Å²) in [4.78, 5) is 13.4. The Kier molecular flexibility index (Phi) is 3.14. The van der Waals surface area contributed by atoms with Crippen molar-refractivity contribution in [2.24, 2.45) is 0 Å². The van der Waals surface area contributed by atoms with E-state index in [0.29, 0.717) is 18.5 Å². The highest BCUT2D eigenvalue weighted by Crippen LogP contribution is 2.53. The van der Waals surface area contributed by atoms with E-state index in [1.54, 1.807) is 0 Å². The summed E-state index contributed by atoms with van der Waals surface area (Å²) in [5.41, 5.74) is 5.39. The molecule has 1 N–H and O–H groups in total. The molecular weight excluding hydrogens is 274 g/mol.